The summed E-state index contributed by atoms with van der Waals surface area (Å²) in [6.45, 7) is 4.09. The lowest BCUT2D eigenvalue weighted by Crippen LogP contribution is -2.46. The van der Waals surface area contributed by atoms with Gasteiger partial charge in [0.25, 0.3) is 11.6 Å². The van der Waals surface area contributed by atoms with E-state index in [0.29, 0.717) is 24.6 Å². The van der Waals surface area contributed by atoms with Crippen LogP contribution in [0.2, 0.25) is 0 Å². The first-order chi connectivity index (χ1) is 12.2. The Labute approximate surface area is 151 Å². The second-order valence-electron chi connectivity index (χ2n) is 6.69. The van der Waals surface area contributed by atoms with Gasteiger partial charge in [0.05, 0.1) is 10.6 Å². The minimum atomic E-state index is -0.557. The standard InChI is InChI=1S/C17H24N4O5/c1-11(2)13(18)6-7-19(3)16(22)9-20-14-8-12(21(24)25)4-5-15(14)26-10-17(20)23/h4-5,8,11,13H,6-7,9-10,18H2,1-3H3. The molecule has 1 atom stereocenters. The molecule has 0 aliphatic carbocycles. The van der Waals surface area contributed by atoms with Crippen molar-refractivity contribution in [3.63, 3.8) is 0 Å². The lowest BCUT2D eigenvalue weighted by Gasteiger charge is -2.30. The second-order valence-corrected chi connectivity index (χ2v) is 6.69. The maximum atomic E-state index is 12.5. The van der Waals surface area contributed by atoms with Gasteiger partial charge in [-0.1, -0.05) is 13.8 Å². The summed E-state index contributed by atoms with van der Waals surface area (Å²) in [7, 11) is 1.65. The van der Waals surface area contributed by atoms with Crippen molar-refractivity contribution in [2.24, 2.45) is 11.7 Å². The first-order valence-electron chi connectivity index (χ1n) is 8.42. The van der Waals surface area contributed by atoms with E-state index in [9.17, 15) is 19.7 Å². The predicted octanol–water partition coefficient (Wildman–Crippen LogP) is 1.15. The summed E-state index contributed by atoms with van der Waals surface area (Å²) in [5.41, 5.74) is 6.06. The smallest absolute Gasteiger partial charge is 0.271 e. The molecule has 1 aromatic carbocycles. The van der Waals surface area contributed by atoms with E-state index in [1.54, 1.807) is 7.05 Å². The Balaban J connectivity index is 2.11. The largest absolute Gasteiger partial charge is 0.482 e. The molecule has 9 heteroatoms. The molecule has 1 aliphatic rings. The van der Waals surface area contributed by atoms with Gasteiger partial charge in [-0.05, 0) is 18.4 Å². The van der Waals surface area contributed by atoms with E-state index in [1.807, 2.05) is 13.8 Å². The summed E-state index contributed by atoms with van der Waals surface area (Å²) in [6, 6.07) is 3.96. The number of carbonyl (C=O) groups excluding carboxylic acids is 2. The SMILES string of the molecule is CC(C)C(N)CCN(C)C(=O)CN1C(=O)COc2ccc([N+](=O)[O-])cc21. The highest BCUT2D eigenvalue weighted by atomic mass is 16.6. The quantitative estimate of drug-likeness (QED) is 0.573. The molecule has 26 heavy (non-hydrogen) atoms. The molecule has 2 amide bonds. The molecular formula is C17H24N4O5. The van der Waals surface area contributed by atoms with Gasteiger partial charge in [-0.25, -0.2) is 0 Å². The first kappa shape index (κ1) is 19.6. The highest BCUT2D eigenvalue weighted by Gasteiger charge is 2.30. The Morgan fingerprint density at radius 2 is 2.15 bits per heavy atom. The normalized spacial score (nSPS) is 14.7. The third kappa shape index (κ3) is 4.48. The molecule has 0 bridgehead atoms. The molecule has 1 heterocycles. The van der Waals surface area contributed by atoms with Gasteiger partial charge in [0.1, 0.15) is 12.3 Å². The number of fused-ring (bicyclic) bond motifs is 1. The maximum absolute atomic E-state index is 12.5. The van der Waals surface area contributed by atoms with E-state index in [4.69, 9.17) is 10.5 Å². The van der Waals surface area contributed by atoms with Crippen molar-refractivity contribution < 1.29 is 19.2 Å². The van der Waals surface area contributed by atoms with E-state index in [1.165, 1.54) is 28.0 Å². The van der Waals surface area contributed by atoms with Crippen molar-refractivity contribution in [1.29, 1.82) is 0 Å². The molecule has 0 saturated heterocycles. The molecule has 0 fully saturated rings. The zero-order valence-electron chi connectivity index (χ0n) is 15.2. The van der Waals surface area contributed by atoms with Crippen molar-refractivity contribution in [3.05, 3.63) is 28.3 Å². The lowest BCUT2D eigenvalue weighted by atomic mass is 10.0. The summed E-state index contributed by atoms with van der Waals surface area (Å²) in [5, 5.41) is 11.0. The Morgan fingerprint density at radius 3 is 2.77 bits per heavy atom. The molecule has 1 aromatic rings. The minimum Gasteiger partial charge on any atom is -0.482 e. The zero-order valence-corrected chi connectivity index (χ0v) is 15.2. The number of nitro benzene ring substituents is 1. The Morgan fingerprint density at radius 1 is 1.46 bits per heavy atom. The van der Waals surface area contributed by atoms with Crippen LogP contribution >= 0.6 is 0 Å². The Kier molecular flexibility index (Phi) is 6.14. The summed E-state index contributed by atoms with van der Waals surface area (Å²) in [6.07, 6.45) is 0.652. The monoisotopic (exact) mass is 364 g/mol. The summed E-state index contributed by atoms with van der Waals surface area (Å²) in [5.74, 6) is -0.0356. The minimum absolute atomic E-state index is 0.0151. The topological polar surface area (TPSA) is 119 Å². The average Bonchev–Trinajstić information content (AvgIpc) is 2.60. The van der Waals surface area contributed by atoms with Gasteiger partial charge < -0.3 is 15.4 Å². The molecule has 0 saturated carbocycles. The van der Waals surface area contributed by atoms with Crippen molar-refractivity contribution in [2.45, 2.75) is 26.3 Å². The number of rotatable bonds is 7. The number of nitrogens with zero attached hydrogens (tertiary/aromatic N) is 3. The van der Waals surface area contributed by atoms with Crippen LogP contribution in [0.3, 0.4) is 0 Å². The van der Waals surface area contributed by atoms with Crippen molar-refractivity contribution in [2.75, 3.05) is 31.6 Å². The molecule has 2 rings (SSSR count). The number of likely N-dealkylation sites (N-methyl/N-ethyl adjacent to an activating group) is 1. The van der Waals surface area contributed by atoms with Crippen molar-refractivity contribution >= 4 is 23.2 Å². The third-order valence-electron chi connectivity index (χ3n) is 4.47. The maximum Gasteiger partial charge on any atom is 0.271 e. The number of benzene rings is 1. The van der Waals surface area contributed by atoms with Crippen molar-refractivity contribution in [1.82, 2.24) is 4.90 Å². The number of hydrogen-bond acceptors (Lipinski definition) is 6. The van der Waals surface area contributed by atoms with Gasteiger partial charge in [-0.15, -0.1) is 0 Å². The Bertz CT molecular complexity index is 706. The molecule has 0 spiro atoms. The summed E-state index contributed by atoms with van der Waals surface area (Å²) < 4.78 is 5.29. The number of nitro groups is 1. The Hall–Kier alpha value is -2.68. The molecular weight excluding hydrogens is 340 g/mol. The van der Waals surface area contributed by atoms with Crippen LogP contribution in [-0.2, 0) is 9.59 Å². The number of nitrogens with two attached hydrogens (primary N) is 1. The molecule has 9 nitrogen and oxygen atoms in total. The highest BCUT2D eigenvalue weighted by molar-refractivity contribution is 6.02. The molecule has 142 valence electrons. The van der Waals surface area contributed by atoms with Crippen LogP contribution in [0.5, 0.6) is 5.75 Å². The fraction of sp³-hybridized carbons (Fsp3) is 0.529. The van der Waals surface area contributed by atoms with Gasteiger partial charge in [0, 0.05) is 31.8 Å². The van der Waals surface area contributed by atoms with Gasteiger partial charge in [0.15, 0.2) is 6.61 Å². The second kappa shape index (κ2) is 8.13. The predicted molar refractivity (Wildman–Crippen MR) is 96.0 cm³/mol. The van der Waals surface area contributed by atoms with Crippen LogP contribution in [0, 0.1) is 16.0 Å². The highest BCUT2D eigenvalue weighted by Crippen LogP contribution is 2.35. The van der Waals surface area contributed by atoms with E-state index in [0.717, 1.165) is 0 Å². The van der Waals surface area contributed by atoms with E-state index in [-0.39, 0.29) is 36.5 Å². The fourth-order valence-electron chi connectivity index (χ4n) is 2.53. The van der Waals surface area contributed by atoms with E-state index >= 15 is 0 Å². The molecule has 0 aromatic heterocycles. The number of non-ortho nitro benzene ring substituents is 1. The number of hydrogen-bond donors (Lipinski definition) is 1. The summed E-state index contributed by atoms with van der Waals surface area (Å²) >= 11 is 0. The van der Waals surface area contributed by atoms with Crippen LogP contribution in [0.15, 0.2) is 18.2 Å². The lowest BCUT2D eigenvalue weighted by molar-refractivity contribution is -0.384. The van der Waals surface area contributed by atoms with Crippen LogP contribution in [0.1, 0.15) is 20.3 Å². The molecule has 1 unspecified atom stereocenters. The van der Waals surface area contributed by atoms with Gasteiger partial charge in [-0.3, -0.25) is 24.6 Å². The van der Waals surface area contributed by atoms with Gasteiger partial charge >= 0.3 is 0 Å². The van der Waals surface area contributed by atoms with E-state index in [2.05, 4.69) is 0 Å². The van der Waals surface area contributed by atoms with Crippen LogP contribution in [-0.4, -0.2) is 54.4 Å². The third-order valence-corrected chi connectivity index (χ3v) is 4.47. The summed E-state index contributed by atoms with van der Waals surface area (Å²) in [4.78, 5) is 37.8. The fourth-order valence-corrected chi connectivity index (χ4v) is 2.53. The average molecular weight is 364 g/mol. The number of ether oxygens (including phenoxy) is 1. The van der Waals surface area contributed by atoms with Crippen LogP contribution in [0.4, 0.5) is 11.4 Å². The first-order valence-corrected chi connectivity index (χ1v) is 8.42. The molecule has 2 N–H and O–H groups in total. The van der Waals surface area contributed by atoms with Crippen LogP contribution < -0.4 is 15.4 Å². The van der Waals surface area contributed by atoms with Gasteiger partial charge in [0.2, 0.25) is 5.91 Å². The van der Waals surface area contributed by atoms with E-state index < -0.39 is 10.8 Å². The molecule has 1 aliphatic heterocycles. The van der Waals surface area contributed by atoms with Crippen molar-refractivity contribution in [3.8, 4) is 5.75 Å². The number of carbonyl (C=O) groups is 2. The number of anilines is 1. The zero-order chi connectivity index (χ0) is 19.4. The molecule has 0 radical (unpaired) electrons. The van der Waals surface area contributed by atoms with Crippen LogP contribution in [0.25, 0.3) is 0 Å². The van der Waals surface area contributed by atoms with Gasteiger partial charge in [-0.2, -0.15) is 0 Å². The number of amides is 2.